The summed E-state index contributed by atoms with van der Waals surface area (Å²) in [6, 6.07) is 38.6. The number of aryl methyl sites for hydroxylation is 2. The fraction of sp³-hybridized carbons (Fsp3) is 0.182. The number of benzene rings is 2. The van der Waals surface area contributed by atoms with Gasteiger partial charge in [0.1, 0.15) is 28.1 Å². The summed E-state index contributed by atoms with van der Waals surface area (Å²) in [4.78, 5) is 17.3. The Labute approximate surface area is 345 Å². The lowest BCUT2D eigenvalue weighted by Crippen LogP contribution is -2.41. The van der Waals surface area contributed by atoms with E-state index in [1.54, 1.807) is 24.3 Å². The topological polar surface area (TPSA) is 153 Å². The first-order valence-corrected chi connectivity index (χ1v) is 19.2. The fourth-order valence-corrected chi connectivity index (χ4v) is 6.47. The number of hydrogen-bond acceptors (Lipinski definition) is 10. The number of pyridine rings is 4. The zero-order valence-corrected chi connectivity index (χ0v) is 34.4. The number of aromatic nitrogens is 8. The molecule has 1 saturated heterocycles. The van der Waals surface area contributed by atoms with E-state index < -0.39 is 0 Å². The maximum absolute atomic E-state index is 9.03. The first-order chi connectivity index (χ1) is 27.8. The summed E-state index contributed by atoms with van der Waals surface area (Å²) in [5, 5.41) is 28.4. The van der Waals surface area contributed by atoms with Crippen LogP contribution in [0.4, 0.5) is 0 Å². The van der Waals surface area contributed by atoms with Crippen LogP contribution in [0.5, 0.6) is 0 Å². The first-order valence-electron chi connectivity index (χ1n) is 18.4. The molecule has 0 bridgehead atoms. The van der Waals surface area contributed by atoms with Gasteiger partial charge in [-0.15, -0.1) is 0 Å². The summed E-state index contributed by atoms with van der Waals surface area (Å²) in [6.45, 7) is 12.2. The van der Waals surface area contributed by atoms with Crippen molar-refractivity contribution in [2.45, 2.75) is 52.7 Å². The molecule has 0 N–H and O–H groups in total. The predicted octanol–water partition coefficient (Wildman–Crippen LogP) is 8.41. The largest absolute Gasteiger partial charge is 0.494 e. The number of hydrogen-bond donors (Lipinski definition) is 0. The average Bonchev–Trinajstić information content (AvgIpc) is 3.90. The number of fused-ring (bicyclic) bond motifs is 2. The molecule has 286 valence electrons. The van der Waals surface area contributed by atoms with Gasteiger partial charge in [0.2, 0.25) is 0 Å². The standard InChI is InChI=1S/C19H22BN3O2.C19H13N5.C6H3BrN2/c1-13-7-6-8-17(22-13)23-16-11-15(10-9-14(16)12-21-23)20-24-18(2,3)19(4,5)25-20;1-13-4-2-7-19(22-13)24-18-10-14(8-9-15(18)12-21-24)17-6-3-5-16(11-20)23-17;7-6-3-1-2-5(4-8)9-6/h6-12H,1-5H3;2-10,12H,1H3;1-3H. The molecule has 0 spiro atoms. The van der Waals surface area contributed by atoms with Crippen LogP contribution < -0.4 is 5.46 Å². The van der Waals surface area contributed by atoms with E-state index in [2.05, 4.69) is 92.0 Å². The quantitative estimate of drug-likeness (QED) is 0.125. The Morgan fingerprint density at radius 1 is 0.603 bits per heavy atom. The molecule has 14 heteroatoms. The summed E-state index contributed by atoms with van der Waals surface area (Å²) in [6.07, 6.45) is 3.68. The van der Waals surface area contributed by atoms with Crippen LogP contribution in [0.15, 0.2) is 126 Å². The van der Waals surface area contributed by atoms with E-state index in [-0.39, 0.29) is 18.3 Å². The molecule has 0 unspecified atom stereocenters. The van der Waals surface area contributed by atoms with Crippen molar-refractivity contribution in [2.75, 3.05) is 0 Å². The number of nitrogens with zero attached hydrogens (tertiary/aromatic N) is 10. The van der Waals surface area contributed by atoms with Gasteiger partial charge in [0, 0.05) is 27.7 Å². The van der Waals surface area contributed by atoms with E-state index >= 15 is 0 Å². The van der Waals surface area contributed by atoms with E-state index in [0.29, 0.717) is 16.0 Å². The molecular formula is C44H38BBrN10O2. The highest BCUT2D eigenvalue weighted by Crippen LogP contribution is 2.36. The predicted molar refractivity (Wildman–Crippen MR) is 228 cm³/mol. The smallest absolute Gasteiger partial charge is 0.399 e. The van der Waals surface area contributed by atoms with Crippen molar-refractivity contribution in [3.8, 4) is 35.0 Å². The Morgan fingerprint density at radius 2 is 1.12 bits per heavy atom. The monoisotopic (exact) mass is 828 g/mol. The Kier molecular flexibility index (Phi) is 11.3. The summed E-state index contributed by atoms with van der Waals surface area (Å²) < 4.78 is 16.7. The van der Waals surface area contributed by atoms with E-state index in [1.807, 2.05) is 114 Å². The van der Waals surface area contributed by atoms with Crippen molar-refractivity contribution < 1.29 is 9.31 Å². The minimum absolute atomic E-state index is 0.356. The molecule has 0 aliphatic carbocycles. The van der Waals surface area contributed by atoms with Crippen LogP contribution in [0.1, 0.15) is 50.5 Å². The van der Waals surface area contributed by atoms with Gasteiger partial charge in [-0.1, -0.05) is 48.5 Å². The summed E-state index contributed by atoms with van der Waals surface area (Å²) in [7, 11) is -0.386. The first kappa shape index (κ1) is 39.7. The van der Waals surface area contributed by atoms with Gasteiger partial charge in [0.25, 0.3) is 0 Å². The second-order valence-electron chi connectivity index (χ2n) is 14.5. The average molecular weight is 830 g/mol. The lowest BCUT2D eigenvalue weighted by atomic mass is 9.79. The van der Waals surface area contributed by atoms with Crippen LogP contribution in [0, 0.1) is 36.5 Å². The van der Waals surface area contributed by atoms with Gasteiger partial charge in [0.05, 0.1) is 40.3 Å². The number of halogens is 1. The van der Waals surface area contributed by atoms with Gasteiger partial charge in [-0.25, -0.2) is 29.3 Å². The van der Waals surface area contributed by atoms with Gasteiger partial charge in [-0.05, 0) is 124 Å². The third-order valence-corrected chi connectivity index (χ3v) is 10.3. The third kappa shape index (κ3) is 8.55. The molecular weight excluding hydrogens is 791 g/mol. The van der Waals surface area contributed by atoms with E-state index in [4.69, 9.17) is 19.8 Å². The highest BCUT2D eigenvalue weighted by atomic mass is 79.9. The molecule has 0 atom stereocenters. The van der Waals surface area contributed by atoms with Crippen LogP contribution in [0.25, 0.3) is 44.7 Å². The molecule has 8 aromatic rings. The molecule has 0 saturated carbocycles. The van der Waals surface area contributed by atoms with Crippen molar-refractivity contribution in [2.24, 2.45) is 0 Å². The van der Waals surface area contributed by atoms with Crippen LogP contribution >= 0.6 is 15.9 Å². The van der Waals surface area contributed by atoms with Crippen molar-refractivity contribution in [3.05, 3.63) is 149 Å². The SMILES string of the molecule is Cc1cccc(-n2ncc3ccc(-c4cccc(C#N)n4)cc32)n1.Cc1cccc(-n2ncc3ccc(B4OC(C)(C)C(C)(C)O4)cc32)n1.N#Cc1cccc(Br)n1. The lowest BCUT2D eigenvalue weighted by Gasteiger charge is -2.32. The van der Waals surface area contributed by atoms with Crippen molar-refractivity contribution >= 4 is 50.3 Å². The molecule has 0 amide bonds. The minimum atomic E-state index is -0.386. The van der Waals surface area contributed by atoms with Gasteiger partial charge in [-0.3, -0.25) is 0 Å². The molecule has 7 heterocycles. The molecule has 1 aliphatic rings. The minimum Gasteiger partial charge on any atom is -0.399 e. The highest BCUT2D eigenvalue weighted by Gasteiger charge is 2.51. The van der Waals surface area contributed by atoms with Gasteiger partial charge in [0.15, 0.2) is 11.6 Å². The summed E-state index contributed by atoms with van der Waals surface area (Å²) in [5.41, 5.74) is 6.66. The molecule has 58 heavy (non-hydrogen) atoms. The molecule has 0 radical (unpaired) electrons. The normalized spacial score (nSPS) is 13.8. The fourth-order valence-electron chi connectivity index (χ4n) is 6.13. The highest BCUT2D eigenvalue weighted by molar-refractivity contribution is 9.10. The van der Waals surface area contributed by atoms with Crippen LogP contribution in [-0.4, -0.2) is 57.8 Å². The Hall–Kier alpha value is -6.58. The van der Waals surface area contributed by atoms with Gasteiger partial charge in [-0.2, -0.15) is 20.7 Å². The summed E-state index contributed by atoms with van der Waals surface area (Å²) >= 11 is 3.14. The molecule has 6 aromatic heterocycles. The zero-order valence-electron chi connectivity index (χ0n) is 32.8. The molecule has 1 aliphatic heterocycles. The van der Waals surface area contributed by atoms with E-state index in [9.17, 15) is 0 Å². The van der Waals surface area contributed by atoms with Gasteiger partial charge < -0.3 is 9.31 Å². The van der Waals surface area contributed by atoms with Crippen molar-refractivity contribution in [1.29, 1.82) is 10.5 Å². The second kappa shape index (κ2) is 16.5. The van der Waals surface area contributed by atoms with Crippen LogP contribution in [0.2, 0.25) is 0 Å². The molecule has 9 rings (SSSR count). The van der Waals surface area contributed by atoms with E-state index in [0.717, 1.165) is 61.5 Å². The Bertz CT molecular complexity index is 2840. The molecule has 12 nitrogen and oxygen atoms in total. The zero-order chi connectivity index (χ0) is 41.0. The number of rotatable bonds is 4. The maximum Gasteiger partial charge on any atom is 0.494 e. The van der Waals surface area contributed by atoms with Crippen LogP contribution in [0.3, 0.4) is 0 Å². The van der Waals surface area contributed by atoms with E-state index in [1.165, 1.54) is 0 Å². The van der Waals surface area contributed by atoms with Crippen molar-refractivity contribution in [3.63, 3.8) is 0 Å². The van der Waals surface area contributed by atoms with Crippen LogP contribution in [-0.2, 0) is 9.31 Å². The Balaban J connectivity index is 0.000000146. The second-order valence-corrected chi connectivity index (χ2v) is 15.4. The Morgan fingerprint density at radius 3 is 1.66 bits per heavy atom. The maximum atomic E-state index is 9.03. The van der Waals surface area contributed by atoms with Gasteiger partial charge >= 0.3 is 7.12 Å². The molecule has 2 aromatic carbocycles. The third-order valence-electron chi connectivity index (χ3n) is 9.86. The number of nitriles is 2. The lowest BCUT2D eigenvalue weighted by molar-refractivity contribution is 0.00578. The van der Waals surface area contributed by atoms with Crippen molar-refractivity contribution in [1.82, 2.24) is 39.5 Å². The molecule has 1 fully saturated rings. The summed E-state index contributed by atoms with van der Waals surface area (Å²) in [5.74, 6) is 1.59.